The van der Waals surface area contributed by atoms with Crippen LogP contribution < -0.4 is 4.31 Å². The Balaban J connectivity index is 1.71. The van der Waals surface area contributed by atoms with Gasteiger partial charge in [0.05, 0.1) is 29.4 Å². The van der Waals surface area contributed by atoms with Crippen molar-refractivity contribution >= 4 is 39.0 Å². The summed E-state index contributed by atoms with van der Waals surface area (Å²) in [7, 11) is -3.99. The molecule has 0 unspecified atom stereocenters. The van der Waals surface area contributed by atoms with Crippen LogP contribution in [-0.2, 0) is 32.6 Å². The van der Waals surface area contributed by atoms with E-state index in [1.807, 2.05) is 37.3 Å². The zero-order valence-corrected chi connectivity index (χ0v) is 21.1. The second-order valence-electron chi connectivity index (χ2n) is 8.56. The van der Waals surface area contributed by atoms with Gasteiger partial charge in [-0.05, 0) is 35.4 Å². The third-order valence-electron chi connectivity index (χ3n) is 6.18. The lowest BCUT2D eigenvalue weighted by atomic mass is 9.93. The number of aromatic nitrogens is 1. The van der Waals surface area contributed by atoms with Crippen molar-refractivity contribution in [3.63, 3.8) is 0 Å². The van der Waals surface area contributed by atoms with Crippen molar-refractivity contribution in [3.05, 3.63) is 88.7 Å². The van der Waals surface area contributed by atoms with Gasteiger partial charge in [0.15, 0.2) is 0 Å². The van der Waals surface area contributed by atoms with E-state index >= 15 is 0 Å². The van der Waals surface area contributed by atoms with Gasteiger partial charge in [-0.3, -0.25) is 18.9 Å². The smallest absolute Gasteiger partial charge is 0.264 e. The lowest BCUT2D eigenvalue weighted by Gasteiger charge is -2.24. The highest BCUT2D eigenvalue weighted by Crippen LogP contribution is 2.31. The maximum absolute atomic E-state index is 13.6. The van der Waals surface area contributed by atoms with Gasteiger partial charge >= 0.3 is 0 Å². The number of carbonyl (C=O) groups excluding carboxylic acids is 2. The molecular formula is C26H26ClN3O4S. The molecule has 0 bridgehead atoms. The van der Waals surface area contributed by atoms with Crippen molar-refractivity contribution in [2.45, 2.75) is 37.6 Å². The minimum Gasteiger partial charge on any atom is -0.335 e. The molecule has 1 aromatic heterocycles. The molecule has 0 spiro atoms. The Morgan fingerprint density at radius 3 is 2.49 bits per heavy atom. The van der Waals surface area contributed by atoms with Crippen LogP contribution in [0.25, 0.3) is 0 Å². The highest BCUT2D eigenvalue weighted by atomic mass is 35.5. The number of benzene rings is 2. The van der Waals surface area contributed by atoms with Crippen LogP contribution in [0.5, 0.6) is 0 Å². The van der Waals surface area contributed by atoms with Gasteiger partial charge in [-0.25, -0.2) is 8.42 Å². The van der Waals surface area contributed by atoms with Gasteiger partial charge in [0.25, 0.3) is 10.0 Å². The monoisotopic (exact) mass is 511 g/mol. The Kier molecular flexibility index (Phi) is 7.23. The third-order valence-corrected chi connectivity index (χ3v) is 8.22. The van der Waals surface area contributed by atoms with E-state index in [4.69, 9.17) is 11.6 Å². The molecule has 7 nitrogen and oxygen atoms in total. The average Bonchev–Trinajstić information content (AvgIpc) is 3.04. The quantitative estimate of drug-likeness (QED) is 0.494. The summed E-state index contributed by atoms with van der Waals surface area (Å²) in [6.07, 6.45) is 1.69. The lowest BCUT2D eigenvalue weighted by molar-refractivity contribution is -0.129. The Bertz CT molecular complexity index is 1360. The molecule has 0 saturated heterocycles. The van der Waals surface area contributed by atoms with Crippen molar-refractivity contribution in [1.29, 1.82) is 0 Å². The lowest BCUT2D eigenvalue weighted by Crippen LogP contribution is -2.37. The number of hydrogen-bond donors (Lipinski definition) is 0. The summed E-state index contributed by atoms with van der Waals surface area (Å²) in [4.78, 5) is 31.2. The molecule has 3 aromatic rings. The molecule has 9 heteroatoms. The summed E-state index contributed by atoms with van der Waals surface area (Å²) in [6.45, 7) is 3.75. The normalized spacial score (nSPS) is 14.7. The van der Waals surface area contributed by atoms with Crippen molar-refractivity contribution in [1.82, 2.24) is 9.88 Å². The highest BCUT2D eigenvalue weighted by molar-refractivity contribution is 7.92. The van der Waals surface area contributed by atoms with E-state index in [0.717, 1.165) is 5.56 Å². The number of Topliss-reactive ketones (excluding diaryl/α,β-unsaturated/α-hetero) is 1. The van der Waals surface area contributed by atoms with E-state index in [2.05, 4.69) is 4.98 Å². The molecule has 1 aliphatic heterocycles. The molecule has 0 N–H and O–H groups in total. The summed E-state index contributed by atoms with van der Waals surface area (Å²) < 4.78 is 28.5. The van der Waals surface area contributed by atoms with Crippen LogP contribution >= 0.6 is 11.6 Å². The second-order valence-corrected chi connectivity index (χ2v) is 10.9. The number of halogens is 1. The van der Waals surface area contributed by atoms with E-state index in [0.29, 0.717) is 22.0 Å². The van der Waals surface area contributed by atoms with Crippen molar-refractivity contribution in [2.24, 2.45) is 0 Å². The van der Waals surface area contributed by atoms with Gasteiger partial charge in [0, 0.05) is 37.0 Å². The molecule has 35 heavy (non-hydrogen) atoms. The summed E-state index contributed by atoms with van der Waals surface area (Å²) in [5, 5.41) is 0.304. The number of amides is 1. The van der Waals surface area contributed by atoms with Crippen molar-refractivity contribution in [3.8, 4) is 0 Å². The summed E-state index contributed by atoms with van der Waals surface area (Å²) >= 11 is 6.06. The number of fused-ring (bicyclic) bond motifs is 1. The third kappa shape index (κ3) is 5.39. The molecule has 2 aromatic carbocycles. The van der Waals surface area contributed by atoms with Gasteiger partial charge in [-0.15, -0.1) is 0 Å². The number of sulfonamides is 1. The highest BCUT2D eigenvalue weighted by Gasteiger charge is 2.32. The van der Waals surface area contributed by atoms with Crippen molar-refractivity contribution < 1.29 is 18.0 Å². The fourth-order valence-electron chi connectivity index (χ4n) is 4.10. The first-order valence-electron chi connectivity index (χ1n) is 11.3. The van der Waals surface area contributed by atoms with E-state index in [1.54, 1.807) is 29.3 Å². The van der Waals surface area contributed by atoms with Crippen LogP contribution in [0.3, 0.4) is 0 Å². The zero-order chi connectivity index (χ0) is 25.2. The number of pyridine rings is 1. The number of anilines is 1. The molecule has 0 aliphatic carbocycles. The minimum atomic E-state index is -3.99. The largest absolute Gasteiger partial charge is 0.335 e. The van der Waals surface area contributed by atoms with Crippen LogP contribution in [0.4, 0.5) is 5.69 Å². The van der Waals surface area contributed by atoms with Crippen molar-refractivity contribution in [2.75, 3.05) is 17.4 Å². The molecule has 1 atom stereocenters. The van der Waals surface area contributed by atoms with Crippen LogP contribution in [-0.4, -0.2) is 43.1 Å². The van der Waals surface area contributed by atoms with Crippen LogP contribution in [0.2, 0.25) is 5.02 Å². The van der Waals surface area contributed by atoms with E-state index < -0.39 is 10.0 Å². The molecule has 0 saturated carbocycles. The predicted molar refractivity (Wildman–Crippen MR) is 135 cm³/mol. The SMILES string of the molecule is CC(=O)N1CCN(S(=O)(=O)c2cccc(Cl)c2)c2cc(CC(=O)[C@@H](C)c3ccccc3)cnc2C1. The molecule has 4 rings (SSSR count). The maximum atomic E-state index is 13.6. The molecule has 1 amide bonds. The first kappa shape index (κ1) is 24.9. The number of ketones is 1. The summed E-state index contributed by atoms with van der Waals surface area (Å²) in [5.41, 5.74) is 2.35. The zero-order valence-electron chi connectivity index (χ0n) is 19.5. The molecule has 2 heterocycles. The Morgan fingerprint density at radius 2 is 1.80 bits per heavy atom. The maximum Gasteiger partial charge on any atom is 0.264 e. The first-order valence-corrected chi connectivity index (χ1v) is 13.1. The molecule has 182 valence electrons. The van der Waals surface area contributed by atoms with Gasteiger partial charge in [0.2, 0.25) is 5.91 Å². The van der Waals surface area contributed by atoms with Crippen LogP contribution in [0, 0.1) is 0 Å². The first-order chi connectivity index (χ1) is 16.7. The fourth-order valence-corrected chi connectivity index (χ4v) is 5.88. The molecule has 0 radical (unpaired) electrons. The summed E-state index contributed by atoms with van der Waals surface area (Å²) in [5.74, 6) is -0.480. The second kappa shape index (κ2) is 10.2. The van der Waals surface area contributed by atoms with Gasteiger partial charge in [-0.2, -0.15) is 0 Å². The topological polar surface area (TPSA) is 87.7 Å². The van der Waals surface area contributed by atoms with E-state index in [-0.39, 0.29) is 48.6 Å². The Labute approximate surface area is 210 Å². The average molecular weight is 512 g/mol. The fraction of sp³-hybridized carbons (Fsp3) is 0.269. The van der Waals surface area contributed by atoms with E-state index in [1.165, 1.54) is 23.4 Å². The Hall–Kier alpha value is -3.23. The van der Waals surface area contributed by atoms with Crippen LogP contribution in [0.1, 0.15) is 36.6 Å². The van der Waals surface area contributed by atoms with E-state index in [9.17, 15) is 18.0 Å². The van der Waals surface area contributed by atoms with Crippen LogP contribution in [0.15, 0.2) is 71.8 Å². The molecule has 1 aliphatic rings. The van der Waals surface area contributed by atoms with Gasteiger partial charge < -0.3 is 4.90 Å². The standard InChI is InChI=1S/C26H26ClN3O4S/c1-18(21-7-4-3-5-8-21)26(32)14-20-13-25-24(28-16-20)17-29(19(2)31)11-12-30(25)35(33,34)23-10-6-9-22(27)15-23/h3-10,13,15-16,18H,11-12,14,17H2,1-2H3/t18-/m0/s1. The number of hydrogen-bond acceptors (Lipinski definition) is 5. The van der Waals surface area contributed by atoms with Gasteiger partial charge in [0.1, 0.15) is 5.78 Å². The number of rotatable bonds is 6. The molecule has 0 fully saturated rings. The number of nitrogens with zero attached hydrogens (tertiary/aromatic N) is 3. The minimum absolute atomic E-state index is 0.00110. The number of carbonyl (C=O) groups is 2. The molecular weight excluding hydrogens is 486 g/mol. The van der Waals surface area contributed by atoms with Gasteiger partial charge in [-0.1, -0.05) is 54.9 Å². The summed E-state index contributed by atoms with van der Waals surface area (Å²) in [6, 6.07) is 17.3. The predicted octanol–water partition coefficient (Wildman–Crippen LogP) is 4.21. The Morgan fingerprint density at radius 1 is 1.06 bits per heavy atom.